The van der Waals surface area contributed by atoms with Gasteiger partial charge in [0.25, 0.3) is 0 Å². The molecule has 1 rings (SSSR count). The highest BCUT2D eigenvalue weighted by Gasteiger charge is 2.04. The van der Waals surface area contributed by atoms with E-state index in [1.54, 1.807) is 12.1 Å². The smallest absolute Gasteiger partial charge is 0.250 e. The van der Waals surface area contributed by atoms with Gasteiger partial charge in [0.1, 0.15) is 5.82 Å². The highest BCUT2D eigenvalue weighted by Crippen LogP contribution is 2.09. The van der Waals surface area contributed by atoms with Gasteiger partial charge < -0.3 is 10.6 Å². The molecule has 0 atom stereocenters. The van der Waals surface area contributed by atoms with E-state index in [0.29, 0.717) is 18.5 Å². The minimum Gasteiger partial charge on any atom is -0.366 e. The molecule has 2 N–H and O–H groups in total. The average molecular weight is 204 g/mol. The second-order valence-corrected chi connectivity index (χ2v) is 3.10. The van der Waals surface area contributed by atoms with Gasteiger partial charge in [0.05, 0.1) is 18.1 Å². The van der Waals surface area contributed by atoms with E-state index in [9.17, 15) is 4.79 Å². The number of aromatic nitrogens is 1. The van der Waals surface area contributed by atoms with Gasteiger partial charge in [-0.2, -0.15) is 5.26 Å². The molecule has 5 nitrogen and oxygen atoms in total. The van der Waals surface area contributed by atoms with Crippen LogP contribution in [0.15, 0.2) is 18.3 Å². The Balaban J connectivity index is 2.71. The van der Waals surface area contributed by atoms with Gasteiger partial charge in [-0.1, -0.05) is 0 Å². The summed E-state index contributed by atoms with van der Waals surface area (Å²) in [6, 6.07) is 5.38. The van der Waals surface area contributed by atoms with Gasteiger partial charge in [0.15, 0.2) is 0 Å². The molecule has 0 saturated heterocycles. The molecule has 1 heterocycles. The molecule has 0 aromatic carbocycles. The third-order valence-electron chi connectivity index (χ3n) is 1.98. The first-order valence-electron chi connectivity index (χ1n) is 4.49. The maximum atomic E-state index is 10.8. The molecule has 1 aromatic heterocycles. The van der Waals surface area contributed by atoms with E-state index in [-0.39, 0.29) is 0 Å². The summed E-state index contributed by atoms with van der Waals surface area (Å²) in [5.41, 5.74) is 5.47. The molecular weight excluding hydrogens is 192 g/mol. The van der Waals surface area contributed by atoms with Crippen LogP contribution in [0.5, 0.6) is 0 Å². The molecule has 0 spiro atoms. The lowest BCUT2D eigenvalue weighted by molar-refractivity contribution is 0.1000. The minimum atomic E-state index is -0.492. The van der Waals surface area contributed by atoms with Crippen molar-refractivity contribution in [1.82, 2.24) is 4.98 Å². The van der Waals surface area contributed by atoms with Gasteiger partial charge in [-0.3, -0.25) is 4.79 Å². The number of amides is 1. The molecular formula is C10H12N4O. The largest absolute Gasteiger partial charge is 0.366 e. The lowest BCUT2D eigenvalue weighted by atomic mass is 10.2. The summed E-state index contributed by atoms with van der Waals surface area (Å²) in [6.07, 6.45) is 1.87. The number of pyridine rings is 1. The SMILES string of the molecule is CN(CCC#N)c1ccc(C(N)=O)cn1. The number of hydrogen-bond donors (Lipinski definition) is 1. The van der Waals surface area contributed by atoms with E-state index >= 15 is 0 Å². The fourth-order valence-electron chi connectivity index (χ4n) is 1.09. The van der Waals surface area contributed by atoms with Crippen LogP contribution in [-0.2, 0) is 0 Å². The zero-order valence-corrected chi connectivity index (χ0v) is 8.47. The summed E-state index contributed by atoms with van der Waals surface area (Å²) in [5.74, 6) is 0.226. The first kappa shape index (κ1) is 11.0. The highest BCUT2D eigenvalue weighted by atomic mass is 16.1. The molecule has 5 heteroatoms. The second kappa shape index (κ2) is 4.96. The minimum absolute atomic E-state index is 0.382. The van der Waals surface area contributed by atoms with Crippen molar-refractivity contribution in [3.63, 3.8) is 0 Å². The van der Waals surface area contributed by atoms with Crippen LogP contribution in [0.25, 0.3) is 0 Å². The molecule has 1 aromatic rings. The van der Waals surface area contributed by atoms with E-state index in [4.69, 9.17) is 11.0 Å². The van der Waals surface area contributed by atoms with Crippen LogP contribution >= 0.6 is 0 Å². The average Bonchev–Trinajstić information content (AvgIpc) is 2.26. The molecule has 0 aliphatic heterocycles. The van der Waals surface area contributed by atoms with E-state index in [1.165, 1.54) is 6.20 Å². The Morgan fingerprint density at radius 3 is 2.87 bits per heavy atom. The van der Waals surface area contributed by atoms with Gasteiger partial charge in [-0.25, -0.2) is 4.98 Å². The third kappa shape index (κ3) is 2.95. The number of rotatable bonds is 4. The van der Waals surface area contributed by atoms with Crippen LogP contribution in [0.4, 0.5) is 5.82 Å². The number of nitrogens with zero attached hydrogens (tertiary/aromatic N) is 3. The molecule has 0 radical (unpaired) electrons. The number of hydrogen-bond acceptors (Lipinski definition) is 4. The predicted molar refractivity (Wildman–Crippen MR) is 56.3 cm³/mol. The maximum absolute atomic E-state index is 10.8. The van der Waals surface area contributed by atoms with Crippen LogP contribution < -0.4 is 10.6 Å². The second-order valence-electron chi connectivity index (χ2n) is 3.10. The van der Waals surface area contributed by atoms with Crippen LogP contribution in [0.1, 0.15) is 16.8 Å². The van der Waals surface area contributed by atoms with Crippen molar-refractivity contribution in [3.8, 4) is 6.07 Å². The fraction of sp³-hybridized carbons (Fsp3) is 0.300. The van der Waals surface area contributed by atoms with Crippen molar-refractivity contribution in [2.24, 2.45) is 5.73 Å². The molecule has 0 aliphatic rings. The van der Waals surface area contributed by atoms with E-state index in [0.717, 1.165) is 5.82 Å². The van der Waals surface area contributed by atoms with E-state index in [2.05, 4.69) is 11.1 Å². The molecule has 15 heavy (non-hydrogen) atoms. The number of nitrogens with two attached hydrogens (primary N) is 1. The van der Waals surface area contributed by atoms with Gasteiger partial charge in [0.2, 0.25) is 5.91 Å². The fourth-order valence-corrected chi connectivity index (χ4v) is 1.09. The number of nitriles is 1. The van der Waals surface area contributed by atoms with Crippen LogP contribution in [-0.4, -0.2) is 24.5 Å². The Morgan fingerprint density at radius 2 is 2.40 bits per heavy atom. The highest BCUT2D eigenvalue weighted by molar-refractivity contribution is 5.92. The summed E-state index contributed by atoms with van der Waals surface area (Å²) >= 11 is 0. The zero-order valence-electron chi connectivity index (χ0n) is 8.47. The summed E-state index contributed by atoms with van der Waals surface area (Å²) < 4.78 is 0. The predicted octanol–water partition coefficient (Wildman–Crippen LogP) is 0.530. The van der Waals surface area contributed by atoms with Crippen molar-refractivity contribution < 1.29 is 4.79 Å². The maximum Gasteiger partial charge on any atom is 0.250 e. The molecule has 0 saturated carbocycles. The Kier molecular flexibility index (Phi) is 3.63. The normalized spacial score (nSPS) is 9.33. The third-order valence-corrected chi connectivity index (χ3v) is 1.98. The summed E-state index contributed by atoms with van der Waals surface area (Å²) in [5, 5.41) is 8.42. The lowest BCUT2D eigenvalue weighted by Crippen LogP contribution is -2.20. The van der Waals surface area contributed by atoms with Gasteiger partial charge in [0, 0.05) is 19.8 Å². The van der Waals surface area contributed by atoms with Crippen molar-refractivity contribution in [3.05, 3.63) is 23.9 Å². The summed E-state index contributed by atoms with van der Waals surface area (Å²) in [7, 11) is 1.84. The first-order valence-corrected chi connectivity index (χ1v) is 4.49. The first-order chi connectivity index (χ1) is 7.15. The van der Waals surface area contributed by atoms with Crippen molar-refractivity contribution in [1.29, 1.82) is 5.26 Å². The number of carbonyl (C=O) groups excluding carboxylic acids is 1. The monoisotopic (exact) mass is 204 g/mol. The topological polar surface area (TPSA) is 83.0 Å². The molecule has 0 fully saturated rings. The van der Waals surface area contributed by atoms with Crippen LogP contribution in [0.3, 0.4) is 0 Å². The Labute approximate surface area is 88.1 Å². The quantitative estimate of drug-likeness (QED) is 0.775. The Hall–Kier alpha value is -2.09. The molecule has 78 valence electrons. The van der Waals surface area contributed by atoms with Crippen molar-refractivity contribution in [2.75, 3.05) is 18.5 Å². The lowest BCUT2D eigenvalue weighted by Gasteiger charge is -2.15. The summed E-state index contributed by atoms with van der Waals surface area (Å²) in [6.45, 7) is 0.611. The number of primary amides is 1. The Bertz CT molecular complexity index is 379. The van der Waals surface area contributed by atoms with Gasteiger partial charge >= 0.3 is 0 Å². The number of anilines is 1. The summed E-state index contributed by atoms with van der Waals surface area (Å²) in [4.78, 5) is 16.7. The molecule has 0 aliphatic carbocycles. The molecule has 0 unspecified atom stereocenters. The number of carbonyl (C=O) groups is 1. The van der Waals surface area contributed by atoms with Gasteiger partial charge in [-0.05, 0) is 12.1 Å². The van der Waals surface area contributed by atoms with Crippen molar-refractivity contribution >= 4 is 11.7 Å². The standard InChI is InChI=1S/C10H12N4O/c1-14(6-2-5-11)9-4-3-8(7-13-9)10(12)15/h3-4,7H,2,6H2,1H3,(H2,12,15). The van der Waals surface area contributed by atoms with Crippen LogP contribution in [0.2, 0.25) is 0 Å². The van der Waals surface area contributed by atoms with Gasteiger partial charge in [-0.15, -0.1) is 0 Å². The van der Waals surface area contributed by atoms with E-state index in [1.807, 2.05) is 11.9 Å². The Morgan fingerprint density at radius 1 is 1.67 bits per heavy atom. The van der Waals surface area contributed by atoms with Crippen LogP contribution in [0, 0.1) is 11.3 Å². The zero-order chi connectivity index (χ0) is 11.3. The van der Waals surface area contributed by atoms with E-state index < -0.39 is 5.91 Å². The van der Waals surface area contributed by atoms with Crippen molar-refractivity contribution in [2.45, 2.75) is 6.42 Å². The molecule has 0 bridgehead atoms. The molecule has 1 amide bonds.